The molecule has 0 fully saturated rings. The fraction of sp³-hybridized carbons (Fsp3) is 0.955. The number of rotatable bonds is 16. The van der Waals surface area contributed by atoms with E-state index >= 15 is 0 Å². The third kappa shape index (κ3) is 17.7. The van der Waals surface area contributed by atoms with Crippen LogP contribution >= 0.6 is 0 Å². The van der Waals surface area contributed by atoms with Gasteiger partial charge in [-0.3, -0.25) is 0 Å². The van der Waals surface area contributed by atoms with E-state index in [-0.39, 0.29) is 12.2 Å². The summed E-state index contributed by atoms with van der Waals surface area (Å²) in [5, 5.41) is 4.11. The van der Waals surface area contributed by atoms with Crippen LogP contribution in [0.5, 0.6) is 0 Å². The van der Waals surface area contributed by atoms with Crippen molar-refractivity contribution in [2.75, 3.05) is 13.7 Å². The van der Waals surface area contributed by atoms with E-state index < -0.39 is 53.8 Å². The van der Waals surface area contributed by atoms with Crippen LogP contribution in [0.2, 0.25) is 98.2 Å². The molecule has 34 heavy (non-hydrogen) atoms. The molecule has 0 aliphatic rings. The van der Waals surface area contributed by atoms with Gasteiger partial charge >= 0.3 is 0 Å². The molecule has 0 N–H and O–H groups in total. The molecule has 4 atom stereocenters. The largest absolute Gasteiger partial charge is 0.415 e. The lowest BCUT2D eigenvalue weighted by Gasteiger charge is -2.45. The standard InChI is InChI=1S/C22H55NO6Si5/c1-24-23-17-19(26-31(5,6)7)21(28-33(11,12)13)22(29-34(14,15)16)20(27-32(8,9)10)18-25-30(2,3)4/h17,19-22H,18H2,1-16H3/b23-17-/t19-,20+,21+,22+/m0/s1. The first kappa shape index (κ1) is 34.4. The van der Waals surface area contributed by atoms with E-state index in [1.165, 1.54) is 0 Å². The van der Waals surface area contributed by atoms with E-state index in [9.17, 15) is 0 Å². The van der Waals surface area contributed by atoms with Crippen molar-refractivity contribution in [1.82, 2.24) is 0 Å². The van der Waals surface area contributed by atoms with Crippen molar-refractivity contribution in [1.29, 1.82) is 0 Å². The van der Waals surface area contributed by atoms with Crippen LogP contribution in [0.15, 0.2) is 5.16 Å². The monoisotopic (exact) mass is 569 g/mol. The van der Waals surface area contributed by atoms with E-state index in [2.05, 4.69) is 103 Å². The Morgan fingerprint density at radius 2 is 0.971 bits per heavy atom. The summed E-state index contributed by atoms with van der Waals surface area (Å²) in [4.78, 5) is 5.07. The lowest BCUT2D eigenvalue weighted by Crippen LogP contribution is -2.60. The normalized spacial score (nSPS) is 18.1. The number of oxime groups is 1. The SMILES string of the molecule is CO/N=C\[C@H](O[Si](C)(C)C)[C@@H](O[Si](C)(C)C)[C@H](O[Si](C)(C)C)[C@@H](CO[Si](C)(C)C)O[Si](C)(C)C. The summed E-state index contributed by atoms with van der Waals surface area (Å²) in [5.41, 5.74) is 0. The molecule has 204 valence electrons. The molecule has 0 aromatic heterocycles. The molecule has 12 heteroatoms. The zero-order valence-corrected chi connectivity index (χ0v) is 30.0. The first-order valence-corrected chi connectivity index (χ1v) is 29.4. The van der Waals surface area contributed by atoms with Crippen molar-refractivity contribution in [2.45, 2.75) is 123 Å². The molecule has 0 aromatic carbocycles. The summed E-state index contributed by atoms with van der Waals surface area (Å²) in [6, 6.07) is 0. The maximum atomic E-state index is 6.90. The minimum absolute atomic E-state index is 0.268. The molecule has 0 saturated carbocycles. The summed E-state index contributed by atoms with van der Waals surface area (Å²) in [5.74, 6) is 0. The van der Waals surface area contributed by atoms with Gasteiger partial charge in [0.15, 0.2) is 41.6 Å². The number of hydrogen-bond donors (Lipinski definition) is 0. The van der Waals surface area contributed by atoms with Crippen LogP contribution in [0.25, 0.3) is 0 Å². The van der Waals surface area contributed by atoms with Crippen molar-refractivity contribution >= 4 is 47.8 Å². The average Bonchev–Trinajstić information content (AvgIpc) is 2.54. The first-order valence-electron chi connectivity index (χ1n) is 12.3. The van der Waals surface area contributed by atoms with Gasteiger partial charge in [0.2, 0.25) is 0 Å². The molecule has 0 aliphatic carbocycles. The lowest BCUT2D eigenvalue weighted by molar-refractivity contribution is -0.0733. The highest BCUT2D eigenvalue weighted by Crippen LogP contribution is 2.28. The molecule has 7 nitrogen and oxygen atoms in total. The van der Waals surface area contributed by atoms with Gasteiger partial charge in [-0.2, -0.15) is 0 Å². The second-order valence-electron chi connectivity index (χ2n) is 13.7. The van der Waals surface area contributed by atoms with Crippen molar-refractivity contribution < 1.29 is 27.0 Å². The molecule has 0 unspecified atom stereocenters. The second kappa shape index (κ2) is 13.2. The van der Waals surface area contributed by atoms with Crippen LogP contribution in [-0.2, 0) is 27.0 Å². The molecular weight excluding hydrogens is 515 g/mol. The highest BCUT2D eigenvalue weighted by molar-refractivity contribution is 6.71. The molecule has 0 amide bonds. The van der Waals surface area contributed by atoms with Crippen LogP contribution in [0.4, 0.5) is 0 Å². The van der Waals surface area contributed by atoms with E-state index in [1.807, 2.05) is 0 Å². The Kier molecular flexibility index (Phi) is 13.4. The Bertz CT molecular complexity index is 618. The van der Waals surface area contributed by atoms with Crippen molar-refractivity contribution in [2.24, 2.45) is 5.16 Å². The molecule has 0 aromatic rings. The predicted octanol–water partition coefficient (Wildman–Crippen LogP) is 6.35. The molecule has 0 radical (unpaired) electrons. The zero-order chi connectivity index (χ0) is 27.2. The van der Waals surface area contributed by atoms with Gasteiger partial charge in [0, 0.05) is 0 Å². The molecule has 0 bridgehead atoms. The summed E-state index contributed by atoms with van der Waals surface area (Å²) in [6.07, 6.45) is 0.297. The van der Waals surface area contributed by atoms with Crippen molar-refractivity contribution in [3.63, 3.8) is 0 Å². The van der Waals surface area contributed by atoms with Gasteiger partial charge in [-0.1, -0.05) is 5.16 Å². The number of hydrogen-bond acceptors (Lipinski definition) is 7. The van der Waals surface area contributed by atoms with Gasteiger partial charge in [0.05, 0.1) is 25.0 Å². The van der Waals surface area contributed by atoms with E-state index in [0.29, 0.717) is 6.61 Å². The van der Waals surface area contributed by atoms with Crippen LogP contribution in [0, 0.1) is 0 Å². The highest BCUT2D eigenvalue weighted by Gasteiger charge is 2.44. The molecule has 0 saturated heterocycles. The Balaban J connectivity index is 6.73. The van der Waals surface area contributed by atoms with Crippen LogP contribution < -0.4 is 0 Å². The fourth-order valence-corrected chi connectivity index (χ4v) is 8.16. The molecule has 0 aliphatic heterocycles. The minimum Gasteiger partial charge on any atom is -0.415 e. The smallest absolute Gasteiger partial charge is 0.184 e. The third-order valence-corrected chi connectivity index (χ3v) is 8.96. The van der Waals surface area contributed by atoms with E-state index in [0.717, 1.165) is 0 Å². The van der Waals surface area contributed by atoms with Gasteiger partial charge in [-0.25, -0.2) is 0 Å². The average molecular weight is 570 g/mol. The van der Waals surface area contributed by atoms with Gasteiger partial charge in [0.1, 0.15) is 19.3 Å². The molecule has 0 rings (SSSR count). The molecular formula is C22H55NO6Si5. The van der Waals surface area contributed by atoms with E-state index in [4.69, 9.17) is 27.0 Å². The maximum Gasteiger partial charge on any atom is 0.184 e. The second-order valence-corrected chi connectivity index (χ2v) is 36.1. The first-order chi connectivity index (χ1) is 14.9. The van der Waals surface area contributed by atoms with Gasteiger partial charge in [-0.05, 0) is 98.2 Å². The molecule has 0 heterocycles. The lowest BCUT2D eigenvalue weighted by atomic mass is 10.0. The Hall–Kier alpha value is 0.354. The van der Waals surface area contributed by atoms with Crippen LogP contribution in [0.3, 0.4) is 0 Å². The fourth-order valence-electron chi connectivity index (χ4n) is 3.19. The van der Waals surface area contributed by atoms with Gasteiger partial charge in [0.25, 0.3) is 0 Å². The zero-order valence-electron chi connectivity index (χ0n) is 25.0. The van der Waals surface area contributed by atoms with Crippen molar-refractivity contribution in [3.8, 4) is 0 Å². The topological polar surface area (TPSA) is 67.7 Å². The van der Waals surface area contributed by atoms with E-state index in [1.54, 1.807) is 13.3 Å². The number of nitrogens with zero attached hydrogens (tertiary/aromatic N) is 1. The molecule has 0 spiro atoms. The van der Waals surface area contributed by atoms with Crippen LogP contribution in [0.1, 0.15) is 0 Å². The summed E-state index contributed by atoms with van der Waals surface area (Å²) in [6.45, 7) is 33.4. The summed E-state index contributed by atoms with van der Waals surface area (Å²) < 4.78 is 33.6. The quantitative estimate of drug-likeness (QED) is 0.123. The Morgan fingerprint density at radius 1 is 0.559 bits per heavy atom. The minimum atomic E-state index is -2.01. The third-order valence-electron chi connectivity index (χ3n) is 3.98. The van der Waals surface area contributed by atoms with Crippen molar-refractivity contribution in [3.05, 3.63) is 0 Å². The van der Waals surface area contributed by atoms with Gasteiger partial charge < -0.3 is 27.0 Å². The summed E-state index contributed by atoms with van der Waals surface area (Å²) in [7, 11) is -8.13. The Labute approximate surface area is 215 Å². The maximum absolute atomic E-state index is 6.90. The summed E-state index contributed by atoms with van der Waals surface area (Å²) >= 11 is 0. The van der Waals surface area contributed by atoms with Crippen LogP contribution in [-0.4, -0.2) is 85.9 Å². The predicted molar refractivity (Wildman–Crippen MR) is 158 cm³/mol. The Morgan fingerprint density at radius 3 is 1.32 bits per heavy atom. The highest BCUT2D eigenvalue weighted by atomic mass is 28.4. The van der Waals surface area contributed by atoms with Gasteiger partial charge in [-0.15, -0.1) is 0 Å².